The molecule has 0 spiro atoms. The van der Waals surface area contributed by atoms with Gasteiger partial charge in [-0.2, -0.15) is 0 Å². The molecule has 0 bridgehead atoms. The molecule has 3 nitrogen and oxygen atoms in total. The number of terminal acetylenes is 1. The van der Waals surface area contributed by atoms with E-state index in [0.29, 0.717) is 12.3 Å². The molecule has 0 aliphatic carbocycles. The van der Waals surface area contributed by atoms with E-state index in [0.717, 1.165) is 12.0 Å². The van der Waals surface area contributed by atoms with Crippen LogP contribution in [0, 0.1) is 12.8 Å². The number of cyclic esters (lactones) is 1. The SMILES string of the molecule is C#C.C=CC1=C(CC)CN(C)C(=O)O1.CC.CC. The second kappa shape index (κ2) is 15.3. The van der Waals surface area contributed by atoms with Gasteiger partial charge in [-0.15, -0.1) is 12.8 Å². The van der Waals surface area contributed by atoms with Crippen molar-refractivity contribution >= 4 is 6.09 Å². The van der Waals surface area contributed by atoms with E-state index in [1.807, 2.05) is 34.6 Å². The molecule has 3 heteroatoms. The molecule has 0 aromatic carbocycles. The number of hydrogen-bond donors (Lipinski definition) is 0. The van der Waals surface area contributed by atoms with Crippen LogP contribution >= 0.6 is 0 Å². The molecule has 0 saturated carbocycles. The standard InChI is InChI=1S/C9H13NO2.2C2H6.C2H2/c1-4-7-6-10(3)9(11)12-8(7)5-2;3*1-2/h5H,2,4,6H2,1,3H3;2*1-2H3;1-2H. The van der Waals surface area contributed by atoms with Crippen LogP contribution in [0.25, 0.3) is 0 Å². The zero-order valence-electron chi connectivity index (χ0n) is 12.6. The predicted octanol–water partition coefficient (Wildman–Crippen LogP) is 4.22. The lowest BCUT2D eigenvalue weighted by Gasteiger charge is -2.25. The van der Waals surface area contributed by atoms with E-state index in [1.54, 1.807) is 18.0 Å². The highest BCUT2D eigenvalue weighted by molar-refractivity contribution is 5.71. The van der Waals surface area contributed by atoms with Crippen LogP contribution in [0.15, 0.2) is 24.0 Å². The molecule has 0 saturated heterocycles. The van der Waals surface area contributed by atoms with Crippen LogP contribution in [-0.2, 0) is 4.74 Å². The number of nitrogens with zero attached hydrogens (tertiary/aromatic N) is 1. The number of carbonyl (C=O) groups excluding carboxylic acids is 1. The van der Waals surface area contributed by atoms with Gasteiger partial charge in [-0.1, -0.05) is 41.2 Å². The van der Waals surface area contributed by atoms with Gasteiger partial charge in [0, 0.05) is 13.6 Å². The molecule has 0 unspecified atom stereocenters. The van der Waals surface area contributed by atoms with Crippen molar-refractivity contribution in [3.63, 3.8) is 0 Å². The van der Waals surface area contributed by atoms with Gasteiger partial charge in [0.05, 0.1) is 0 Å². The van der Waals surface area contributed by atoms with Gasteiger partial charge in [0.2, 0.25) is 0 Å². The lowest BCUT2D eigenvalue weighted by Crippen LogP contribution is -2.33. The van der Waals surface area contributed by atoms with Gasteiger partial charge in [-0.3, -0.25) is 0 Å². The van der Waals surface area contributed by atoms with E-state index in [4.69, 9.17) is 4.74 Å². The fourth-order valence-corrected chi connectivity index (χ4v) is 1.14. The molecular formula is C15H27NO2. The summed E-state index contributed by atoms with van der Waals surface area (Å²) in [6.07, 6.45) is 10.2. The molecule has 1 aliphatic rings. The van der Waals surface area contributed by atoms with Gasteiger partial charge in [-0.05, 0) is 18.1 Å². The topological polar surface area (TPSA) is 29.5 Å². The number of carbonyl (C=O) groups is 1. The third kappa shape index (κ3) is 7.56. The fourth-order valence-electron chi connectivity index (χ4n) is 1.14. The van der Waals surface area contributed by atoms with Gasteiger partial charge < -0.3 is 9.64 Å². The van der Waals surface area contributed by atoms with Crippen molar-refractivity contribution in [1.82, 2.24) is 4.90 Å². The Labute approximate surface area is 113 Å². The fraction of sp³-hybridized carbons (Fsp3) is 0.533. The monoisotopic (exact) mass is 253 g/mol. The summed E-state index contributed by atoms with van der Waals surface area (Å²) in [5.41, 5.74) is 1.12. The molecule has 1 rings (SSSR count). The predicted molar refractivity (Wildman–Crippen MR) is 79.2 cm³/mol. The quantitative estimate of drug-likeness (QED) is 0.690. The minimum Gasteiger partial charge on any atom is -0.410 e. The first-order valence-electron chi connectivity index (χ1n) is 6.29. The summed E-state index contributed by atoms with van der Waals surface area (Å²) in [5, 5.41) is 0. The van der Waals surface area contributed by atoms with E-state index < -0.39 is 0 Å². The van der Waals surface area contributed by atoms with E-state index in [-0.39, 0.29) is 6.09 Å². The highest BCUT2D eigenvalue weighted by Crippen LogP contribution is 2.18. The maximum Gasteiger partial charge on any atom is 0.415 e. The number of amides is 1. The van der Waals surface area contributed by atoms with Crippen molar-refractivity contribution in [2.75, 3.05) is 13.6 Å². The first-order chi connectivity index (χ1) is 8.69. The van der Waals surface area contributed by atoms with Crippen LogP contribution in [0.1, 0.15) is 41.0 Å². The smallest absolute Gasteiger partial charge is 0.410 e. The van der Waals surface area contributed by atoms with Gasteiger partial charge in [-0.25, -0.2) is 4.79 Å². The molecule has 0 aromatic rings. The third-order valence-corrected chi connectivity index (χ3v) is 1.90. The Balaban J connectivity index is -0.000000328. The molecular weight excluding hydrogens is 226 g/mol. The first-order valence-corrected chi connectivity index (χ1v) is 6.29. The molecule has 1 amide bonds. The molecule has 0 aromatic heterocycles. The van der Waals surface area contributed by atoms with Crippen molar-refractivity contribution in [2.45, 2.75) is 41.0 Å². The molecule has 18 heavy (non-hydrogen) atoms. The summed E-state index contributed by atoms with van der Waals surface area (Å²) < 4.78 is 5.00. The summed E-state index contributed by atoms with van der Waals surface area (Å²) >= 11 is 0. The summed E-state index contributed by atoms with van der Waals surface area (Å²) in [6.45, 7) is 14.3. The van der Waals surface area contributed by atoms with E-state index in [1.165, 1.54) is 0 Å². The van der Waals surface area contributed by atoms with Crippen molar-refractivity contribution in [2.24, 2.45) is 0 Å². The minimum absolute atomic E-state index is 0.304. The molecule has 1 aliphatic heterocycles. The number of ether oxygens (including phenoxy) is 1. The van der Waals surface area contributed by atoms with E-state index in [2.05, 4.69) is 19.4 Å². The normalized spacial score (nSPS) is 12.7. The van der Waals surface area contributed by atoms with E-state index in [9.17, 15) is 4.79 Å². The van der Waals surface area contributed by atoms with Gasteiger partial charge in [0.15, 0.2) is 0 Å². The largest absolute Gasteiger partial charge is 0.415 e. The van der Waals surface area contributed by atoms with Crippen LogP contribution in [0.4, 0.5) is 4.79 Å². The van der Waals surface area contributed by atoms with Crippen LogP contribution in [0.2, 0.25) is 0 Å². The highest BCUT2D eigenvalue weighted by atomic mass is 16.6. The average molecular weight is 253 g/mol. The molecule has 0 fully saturated rings. The molecule has 0 radical (unpaired) electrons. The maximum atomic E-state index is 11.0. The second-order valence-corrected chi connectivity index (χ2v) is 2.75. The zero-order valence-corrected chi connectivity index (χ0v) is 12.6. The first kappa shape index (κ1) is 21.6. The summed E-state index contributed by atoms with van der Waals surface area (Å²) in [4.78, 5) is 12.6. The van der Waals surface area contributed by atoms with Gasteiger partial charge in [0.25, 0.3) is 0 Å². The molecule has 1 heterocycles. The Kier molecular flexibility index (Phi) is 18.4. The van der Waals surface area contributed by atoms with Gasteiger partial charge >= 0.3 is 6.09 Å². The number of allylic oxidation sites excluding steroid dienone is 1. The lowest BCUT2D eigenvalue weighted by molar-refractivity contribution is 0.132. The Morgan fingerprint density at radius 1 is 1.33 bits per heavy atom. The second-order valence-electron chi connectivity index (χ2n) is 2.75. The van der Waals surface area contributed by atoms with Gasteiger partial charge in [0.1, 0.15) is 5.76 Å². The summed E-state index contributed by atoms with van der Waals surface area (Å²) in [5.74, 6) is 0.626. The van der Waals surface area contributed by atoms with Crippen LogP contribution in [-0.4, -0.2) is 24.6 Å². The van der Waals surface area contributed by atoms with Crippen molar-refractivity contribution < 1.29 is 9.53 Å². The number of hydrogen-bond acceptors (Lipinski definition) is 2. The molecule has 0 N–H and O–H groups in total. The van der Waals surface area contributed by atoms with Crippen molar-refractivity contribution in [3.8, 4) is 12.8 Å². The van der Waals surface area contributed by atoms with Crippen molar-refractivity contribution in [1.29, 1.82) is 0 Å². The Hall–Kier alpha value is -1.69. The Morgan fingerprint density at radius 3 is 2.11 bits per heavy atom. The van der Waals surface area contributed by atoms with Crippen molar-refractivity contribution in [3.05, 3.63) is 24.0 Å². The zero-order chi connectivity index (χ0) is 15.1. The van der Waals surface area contributed by atoms with E-state index >= 15 is 0 Å². The molecule has 0 atom stereocenters. The summed E-state index contributed by atoms with van der Waals surface area (Å²) in [7, 11) is 1.72. The Bertz CT molecular complexity index is 277. The maximum absolute atomic E-state index is 11.0. The number of likely N-dealkylation sites (N-methyl/N-ethyl adjacent to an activating group) is 1. The minimum atomic E-state index is -0.304. The average Bonchev–Trinajstić information content (AvgIpc) is 2.47. The summed E-state index contributed by atoms with van der Waals surface area (Å²) in [6, 6.07) is 0. The number of rotatable bonds is 2. The Morgan fingerprint density at radius 2 is 1.78 bits per heavy atom. The van der Waals surface area contributed by atoms with Crippen LogP contribution < -0.4 is 0 Å². The highest BCUT2D eigenvalue weighted by Gasteiger charge is 2.21. The molecule has 104 valence electrons. The van der Waals surface area contributed by atoms with Crippen LogP contribution in [0.5, 0.6) is 0 Å². The third-order valence-electron chi connectivity index (χ3n) is 1.90. The lowest BCUT2D eigenvalue weighted by atomic mass is 10.1. The van der Waals surface area contributed by atoms with Crippen LogP contribution in [0.3, 0.4) is 0 Å².